The van der Waals surface area contributed by atoms with Gasteiger partial charge in [-0.05, 0) is 25.0 Å². The molecule has 3 rings (SSSR count). The second kappa shape index (κ2) is 6.21. The molecule has 0 N–H and O–H groups in total. The van der Waals surface area contributed by atoms with Crippen molar-refractivity contribution in [2.24, 2.45) is 0 Å². The highest BCUT2D eigenvalue weighted by Crippen LogP contribution is 2.24. The van der Waals surface area contributed by atoms with E-state index in [1.807, 2.05) is 12.1 Å². The lowest BCUT2D eigenvalue weighted by atomic mass is 10.2. The largest absolute Gasteiger partial charge is 0.298 e. The zero-order valence-corrected chi connectivity index (χ0v) is 12.1. The van der Waals surface area contributed by atoms with Gasteiger partial charge in [0.1, 0.15) is 0 Å². The van der Waals surface area contributed by atoms with Gasteiger partial charge in [0.15, 0.2) is 0 Å². The summed E-state index contributed by atoms with van der Waals surface area (Å²) in [4.78, 5) is 9.57. The van der Waals surface area contributed by atoms with Crippen LogP contribution in [0, 0.1) is 0 Å². The summed E-state index contributed by atoms with van der Waals surface area (Å²) >= 11 is 6.01. The van der Waals surface area contributed by atoms with E-state index in [0.29, 0.717) is 0 Å². The van der Waals surface area contributed by atoms with Crippen LogP contribution >= 0.6 is 11.6 Å². The Labute approximate surface area is 120 Å². The first-order valence-corrected chi connectivity index (χ1v) is 7.76. The highest BCUT2D eigenvalue weighted by Gasteiger charge is 2.26. The van der Waals surface area contributed by atoms with Crippen molar-refractivity contribution in [1.29, 1.82) is 0 Å². The molecule has 0 radical (unpaired) electrons. The van der Waals surface area contributed by atoms with Gasteiger partial charge in [-0.1, -0.05) is 24.4 Å². The van der Waals surface area contributed by atoms with Gasteiger partial charge in [0, 0.05) is 50.0 Å². The molecular formula is C15H22ClN3. The highest BCUT2D eigenvalue weighted by atomic mass is 35.5. The standard InChI is InChI=1S/C15H22ClN3/c16-13-5-6-17-14(11-13)12-18-7-9-19(10-8-18)15-3-1-2-4-15/h5-6,11,15H,1-4,7-10,12H2. The monoisotopic (exact) mass is 279 g/mol. The summed E-state index contributed by atoms with van der Waals surface area (Å²) in [7, 11) is 0. The number of pyridine rings is 1. The van der Waals surface area contributed by atoms with Gasteiger partial charge in [-0.2, -0.15) is 0 Å². The Morgan fingerprint density at radius 2 is 1.89 bits per heavy atom. The van der Waals surface area contributed by atoms with E-state index in [-0.39, 0.29) is 0 Å². The summed E-state index contributed by atoms with van der Waals surface area (Å²) in [5.74, 6) is 0. The van der Waals surface area contributed by atoms with Crippen molar-refractivity contribution in [2.45, 2.75) is 38.3 Å². The van der Waals surface area contributed by atoms with Crippen LogP contribution in [0.25, 0.3) is 0 Å². The van der Waals surface area contributed by atoms with E-state index in [2.05, 4.69) is 14.8 Å². The quantitative estimate of drug-likeness (QED) is 0.848. The molecular weight excluding hydrogens is 258 g/mol. The fourth-order valence-corrected chi connectivity index (χ4v) is 3.50. The second-order valence-corrected chi connectivity index (χ2v) is 6.15. The molecule has 19 heavy (non-hydrogen) atoms. The summed E-state index contributed by atoms with van der Waals surface area (Å²) in [6.07, 6.45) is 7.48. The van der Waals surface area contributed by atoms with Crippen molar-refractivity contribution in [3.05, 3.63) is 29.0 Å². The highest BCUT2D eigenvalue weighted by molar-refractivity contribution is 6.30. The predicted molar refractivity (Wildman–Crippen MR) is 78.4 cm³/mol. The van der Waals surface area contributed by atoms with Crippen LogP contribution in [0.2, 0.25) is 5.02 Å². The number of halogens is 1. The van der Waals surface area contributed by atoms with Crippen molar-refractivity contribution >= 4 is 11.6 Å². The molecule has 3 nitrogen and oxygen atoms in total. The molecule has 0 atom stereocenters. The van der Waals surface area contributed by atoms with Gasteiger partial charge in [-0.15, -0.1) is 0 Å². The van der Waals surface area contributed by atoms with Crippen molar-refractivity contribution in [2.75, 3.05) is 26.2 Å². The lowest BCUT2D eigenvalue weighted by molar-refractivity contribution is 0.0929. The van der Waals surface area contributed by atoms with E-state index in [1.165, 1.54) is 38.8 Å². The molecule has 0 aromatic carbocycles. The summed E-state index contributed by atoms with van der Waals surface area (Å²) < 4.78 is 0. The fraction of sp³-hybridized carbons (Fsp3) is 0.667. The van der Waals surface area contributed by atoms with Gasteiger partial charge < -0.3 is 0 Å². The van der Waals surface area contributed by atoms with Gasteiger partial charge in [0.2, 0.25) is 0 Å². The molecule has 1 saturated heterocycles. The van der Waals surface area contributed by atoms with E-state index >= 15 is 0 Å². The van der Waals surface area contributed by atoms with Crippen LogP contribution in [-0.4, -0.2) is 47.0 Å². The van der Waals surface area contributed by atoms with Crippen molar-refractivity contribution in [1.82, 2.24) is 14.8 Å². The average molecular weight is 280 g/mol. The predicted octanol–water partition coefficient (Wildman–Crippen LogP) is 2.80. The number of rotatable bonds is 3. The molecule has 0 bridgehead atoms. The van der Waals surface area contributed by atoms with Crippen molar-refractivity contribution < 1.29 is 0 Å². The lowest BCUT2D eigenvalue weighted by Crippen LogP contribution is -2.49. The average Bonchev–Trinajstić information content (AvgIpc) is 2.94. The van der Waals surface area contributed by atoms with E-state index in [9.17, 15) is 0 Å². The minimum atomic E-state index is 0.787. The maximum absolute atomic E-state index is 6.01. The first-order chi connectivity index (χ1) is 9.31. The lowest BCUT2D eigenvalue weighted by Gasteiger charge is -2.37. The maximum atomic E-state index is 6.01. The van der Waals surface area contributed by atoms with Crippen LogP contribution in [0.3, 0.4) is 0 Å². The molecule has 1 aliphatic carbocycles. The Balaban J connectivity index is 1.50. The summed E-state index contributed by atoms with van der Waals surface area (Å²) in [6, 6.07) is 4.68. The Morgan fingerprint density at radius 1 is 1.16 bits per heavy atom. The molecule has 0 spiro atoms. The zero-order chi connectivity index (χ0) is 13.1. The van der Waals surface area contributed by atoms with E-state index in [0.717, 1.165) is 36.4 Å². The van der Waals surface area contributed by atoms with Crippen LogP contribution < -0.4 is 0 Å². The Bertz CT molecular complexity index is 410. The number of hydrogen-bond acceptors (Lipinski definition) is 3. The summed E-state index contributed by atoms with van der Waals surface area (Å²) in [5.41, 5.74) is 1.09. The van der Waals surface area contributed by atoms with Crippen LogP contribution in [0.1, 0.15) is 31.4 Å². The Kier molecular flexibility index (Phi) is 4.36. The molecule has 4 heteroatoms. The number of hydrogen-bond donors (Lipinski definition) is 0. The second-order valence-electron chi connectivity index (χ2n) is 5.72. The molecule has 1 saturated carbocycles. The van der Waals surface area contributed by atoms with E-state index < -0.39 is 0 Å². The van der Waals surface area contributed by atoms with Gasteiger partial charge in [-0.3, -0.25) is 14.8 Å². The molecule has 1 aliphatic heterocycles. The van der Waals surface area contributed by atoms with E-state index in [1.54, 1.807) is 6.20 Å². The minimum absolute atomic E-state index is 0.787. The molecule has 0 unspecified atom stereocenters. The van der Waals surface area contributed by atoms with Gasteiger partial charge in [0.05, 0.1) is 5.69 Å². The Hall–Kier alpha value is -0.640. The first kappa shape index (κ1) is 13.3. The maximum Gasteiger partial charge on any atom is 0.0558 e. The third kappa shape index (κ3) is 3.47. The zero-order valence-electron chi connectivity index (χ0n) is 11.4. The molecule has 1 aromatic heterocycles. The molecule has 1 aromatic rings. The minimum Gasteiger partial charge on any atom is -0.298 e. The van der Waals surface area contributed by atoms with Gasteiger partial charge >= 0.3 is 0 Å². The smallest absolute Gasteiger partial charge is 0.0558 e. The van der Waals surface area contributed by atoms with Crippen molar-refractivity contribution in [3.63, 3.8) is 0 Å². The third-order valence-electron chi connectivity index (χ3n) is 4.41. The van der Waals surface area contributed by atoms with E-state index in [4.69, 9.17) is 11.6 Å². The number of piperazine rings is 1. The van der Waals surface area contributed by atoms with Crippen LogP contribution in [0.5, 0.6) is 0 Å². The van der Waals surface area contributed by atoms with Crippen LogP contribution in [0.4, 0.5) is 0 Å². The van der Waals surface area contributed by atoms with Crippen LogP contribution in [0.15, 0.2) is 18.3 Å². The van der Waals surface area contributed by atoms with Crippen molar-refractivity contribution in [3.8, 4) is 0 Å². The van der Waals surface area contributed by atoms with Gasteiger partial charge in [-0.25, -0.2) is 0 Å². The summed E-state index contributed by atoms with van der Waals surface area (Å²) in [6.45, 7) is 5.67. The normalized spacial score (nSPS) is 23.0. The number of nitrogens with zero attached hydrogens (tertiary/aromatic N) is 3. The SMILES string of the molecule is Clc1ccnc(CN2CCN(C3CCCC3)CC2)c1. The summed E-state index contributed by atoms with van der Waals surface area (Å²) in [5, 5.41) is 0.787. The topological polar surface area (TPSA) is 19.4 Å². The Morgan fingerprint density at radius 3 is 2.58 bits per heavy atom. The van der Waals surface area contributed by atoms with Gasteiger partial charge in [0.25, 0.3) is 0 Å². The van der Waals surface area contributed by atoms with Crippen LogP contribution in [-0.2, 0) is 6.54 Å². The molecule has 2 heterocycles. The molecule has 104 valence electrons. The molecule has 2 aliphatic rings. The fourth-order valence-electron chi connectivity index (χ4n) is 3.32. The molecule has 0 amide bonds. The molecule has 2 fully saturated rings. The number of aromatic nitrogens is 1. The third-order valence-corrected chi connectivity index (χ3v) is 4.65. The first-order valence-electron chi connectivity index (χ1n) is 7.38.